The average Bonchev–Trinajstić information content (AvgIpc) is 3.72. The van der Waals surface area contributed by atoms with Gasteiger partial charge < -0.3 is 9.88 Å². The lowest BCUT2D eigenvalue weighted by molar-refractivity contribution is 0.0978. The molecule has 2 amide bonds. The summed E-state index contributed by atoms with van der Waals surface area (Å²) >= 11 is 1.41. The summed E-state index contributed by atoms with van der Waals surface area (Å²) in [5.74, 6) is 1.05. The van der Waals surface area contributed by atoms with Crippen LogP contribution < -0.4 is 10.0 Å². The summed E-state index contributed by atoms with van der Waals surface area (Å²) in [6.07, 6.45) is 2.71. The Hall–Kier alpha value is -4.82. The van der Waals surface area contributed by atoms with Crippen molar-refractivity contribution in [2.24, 2.45) is 0 Å². The van der Waals surface area contributed by atoms with Gasteiger partial charge >= 0.3 is 6.03 Å². The van der Waals surface area contributed by atoms with Crippen LogP contribution in [0.4, 0.5) is 4.79 Å². The van der Waals surface area contributed by atoms with Crippen molar-refractivity contribution in [1.82, 2.24) is 40.2 Å². The summed E-state index contributed by atoms with van der Waals surface area (Å²) in [7, 11) is -4.19. The Balaban J connectivity index is 1.39. The highest BCUT2D eigenvalue weighted by molar-refractivity contribution is 7.98. The van der Waals surface area contributed by atoms with Crippen LogP contribution in [0.15, 0.2) is 88.8 Å². The molecule has 0 aliphatic heterocycles. The number of urea groups is 1. The Morgan fingerprint density at radius 1 is 0.978 bits per heavy atom. The zero-order valence-electron chi connectivity index (χ0n) is 25.6. The molecule has 2 heterocycles. The first-order valence-corrected chi connectivity index (χ1v) is 17.3. The van der Waals surface area contributed by atoms with Crippen LogP contribution in [-0.4, -0.2) is 56.7 Å². The van der Waals surface area contributed by atoms with Crippen molar-refractivity contribution in [1.29, 1.82) is 0 Å². The number of benzene rings is 3. The molecule has 3 N–H and O–H groups in total. The van der Waals surface area contributed by atoms with Gasteiger partial charge in [0.1, 0.15) is 16.5 Å². The molecule has 12 nitrogen and oxygen atoms in total. The van der Waals surface area contributed by atoms with E-state index in [0.29, 0.717) is 34.2 Å². The van der Waals surface area contributed by atoms with Crippen molar-refractivity contribution < 1.29 is 18.0 Å². The zero-order chi connectivity index (χ0) is 32.7. The van der Waals surface area contributed by atoms with E-state index in [0.717, 1.165) is 23.4 Å². The first-order valence-electron chi connectivity index (χ1n) is 14.6. The van der Waals surface area contributed by atoms with Gasteiger partial charge in [0.15, 0.2) is 11.6 Å². The minimum atomic E-state index is -4.19. The van der Waals surface area contributed by atoms with E-state index in [1.807, 2.05) is 65.4 Å². The molecule has 0 spiro atoms. The minimum Gasteiger partial charge on any atom is -0.333 e. The number of nitrogens with zero attached hydrogens (tertiary/aromatic N) is 5. The van der Waals surface area contributed by atoms with E-state index >= 15 is 0 Å². The average molecular weight is 659 g/mol. The predicted molar refractivity (Wildman–Crippen MR) is 175 cm³/mol. The normalized spacial score (nSPS) is 12.1. The van der Waals surface area contributed by atoms with E-state index in [-0.39, 0.29) is 29.6 Å². The van der Waals surface area contributed by atoms with Crippen LogP contribution >= 0.6 is 11.8 Å². The molecule has 0 saturated heterocycles. The maximum Gasteiger partial charge on any atom is 0.328 e. The third kappa shape index (κ3) is 7.51. The molecule has 1 unspecified atom stereocenters. The van der Waals surface area contributed by atoms with Crippen molar-refractivity contribution in [3.8, 4) is 11.1 Å². The number of tetrazole rings is 1. The van der Waals surface area contributed by atoms with Crippen LogP contribution in [0.1, 0.15) is 59.5 Å². The van der Waals surface area contributed by atoms with Crippen LogP contribution in [-0.2, 0) is 29.5 Å². The molecule has 0 fully saturated rings. The smallest absolute Gasteiger partial charge is 0.328 e. The van der Waals surface area contributed by atoms with Gasteiger partial charge in [-0.2, -0.15) is 5.21 Å². The lowest BCUT2D eigenvalue weighted by atomic mass is 10.0. The highest BCUT2D eigenvalue weighted by Gasteiger charge is 2.26. The number of carbonyl (C=O) groups is 2. The molecule has 3 aromatic carbocycles. The van der Waals surface area contributed by atoms with E-state index in [1.165, 1.54) is 17.8 Å². The molecule has 0 radical (unpaired) electrons. The third-order valence-corrected chi connectivity index (χ3v) is 9.55. The molecule has 5 aromatic rings. The highest BCUT2D eigenvalue weighted by Crippen LogP contribution is 2.31. The summed E-state index contributed by atoms with van der Waals surface area (Å²) in [6, 6.07) is 22.4. The number of hydrogen-bond donors (Lipinski definition) is 3. The number of H-pyrrole nitrogens is 1. The van der Waals surface area contributed by atoms with Crippen molar-refractivity contribution >= 4 is 33.6 Å². The third-order valence-electron chi connectivity index (χ3n) is 7.49. The molecule has 0 saturated carbocycles. The van der Waals surface area contributed by atoms with E-state index < -0.39 is 16.1 Å². The molecule has 14 heteroatoms. The number of aromatic amines is 1. The quantitative estimate of drug-likeness (QED) is 0.117. The number of hydrogen-bond acceptors (Lipinski definition) is 9. The molecular weight excluding hydrogens is 625 g/mol. The number of rotatable bonds is 13. The summed E-state index contributed by atoms with van der Waals surface area (Å²) in [4.78, 5) is 30.8. The van der Waals surface area contributed by atoms with Crippen LogP contribution in [0, 0.1) is 0 Å². The lowest BCUT2D eigenvalue weighted by Gasteiger charge is -2.16. The zero-order valence-corrected chi connectivity index (χ0v) is 27.2. The van der Waals surface area contributed by atoms with Gasteiger partial charge in [-0.25, -0.2) is 22.9 Å². The second-order valence-electron chi connectivity index (χ2n) is 10.6. The van der Waals surface area contributed by atoms with Crippen LogP contribution in [0.3, 0.4) is 0 Å². The van der Waals surface area contributed by atoms with E-state index in [9.17, 15) is 18.0 Å². The van der Waals surface area contributed by atoms with Crippen LogP contribution in [0.5, 0.6) is 0 Å². The number of ketones is 1. The number of nitrogens with one attached hydrogen (secondary N) is 3. The number of imidazole rings is 1. The molecule has 0 aliphatic rings. The summed E-state index contributed by atoms with van der Waals surface area (Å²) in [5, 5.41) is 17.0. The van der Waals surface area contributed by atoms with Crippen molar-refractivity contribution in [3.63, 3.8) is 0 Å². The van der Waals surface area contributed by atoms with Gasteiger partial charge in [0.25, 0.3) is 10.0 Å². The second-order valence-corrected chi connectivity index (χ2v) is 13.1. The minimum absolute atomic E-state index is 0.0157. The maximum atomic E-state index is 13.5. The summed E-state index contributed by atoms with van der Waals surface area (Å²) in [6.45, 7) is 4.71. The first-order chi connectivity index (χ1) is 22.2. The van der Waals surface area contributed by atoms with Crippen LogP contribution in [0.2, 0.25) is 0 Å². The van der Waals surface area contributed by atoms with Crippen molar-refractivity contribution in [2.75, 3.05) is 6.26 Å². The molecule has 5 rings (SSSR count). The van der Waals surface area contributed by atoms with Gasteiger partial charge in [0, 0.05) is 24.6 Å². The van der Waals surface area contributed by atoms with Gasteiger partial charge in [0.05, 0.1) is 11.3 Å². The van der Waals surface area contributed by atoms with Gasteiger partial charge in [0.2, 0.25) is 0 Å². The topological polar surface area (TPSA) is 165 Å². The lowest BCUT2D eigenvalue weighted by Crippen LogP contribution is -2.39. The second kappa shape index (κ2) is 14.5. The number of aromatic nitrogens is 6. The largest absolute Gasteiger partial charge is 0.333 e. The standard InChI is InChI=1S/C32H34N8O4S2/c1-4-21(2)30-34-31(45-3)29(26(41)18-28-35-38-39-36-28)40(30)20-23-14-16-24(17-15-23)25-12-8-9-13-27(25)46(43,44)37-32(42)33-19-22-10-6-5-7-11-22/h5-17,21H,4,18-20H2,1-3H3,(H2,33,37,42)(H,35,36,38,39). The molecule has 1 atom stereocenters. The SMILES string of the molecule is CCC(C)c1nc(SC)c(C(=O)Cc2nn[nH]n2)n1Cc1ccc(-c2ccccc2S(=O)(=O)NC(=O)NCc2ccccc2)cc1. The fraction of sp³-hybridized carbons (Fsp3) is 0.250. The van der Waals surface area contributed by atoms with E-state index in [2.05, 4.69) is 44.5 Å². The number of Topliss-reactive ketones (excluding diaryl/α,β-unsaturated/α-hetero) is 1. The first kappa shape index (κ1) is 32.6. The van der Waals surface area contributed by atoms with Crippen LogP contribution in [0.25, 0.3) is 11.1 Å². The Bertz CT molecular complexity index is 1910. The van der Waals surface area contributed by atoms with Gasteiger partial charge in [-0.3, -0.25) is 4.79 Å². The molecule has 0 bridgehead atoms. The summed E-state index contributed by atoms with van der Waals surface area (Å²) < 4.78 is 30.7. The fourth-order valence-corrected chi connectivity index (χ4v) is 6.73. The number of carbonyl (C=O) groups excluding carboxylic acids is 2. The Morgan fingerprint density at radius 2 is 1.70 bits per heavy atom. The molecule has 46 heavy (non-hydrogen) atoms. The Labute approximate surface area is 271 Å². The predicted octanol–water partition coefficient (Wildman–Crippen LogP) is 4.96. The van der Waals surface area contributed by atoms with Crippen molar-refractivity contribution in [2.45, 2.75) is 55.6 Å². The molecule has 2 aromatic heterocycles. The molecular formula is C32H34N8O4S2. The fourth-order valence-electron chi connectivity index (χ4n) is 4.97. The van der Waals surface area contributed by atoms with Gasteiger partial charge in [-0.05, 0) is 35.4 Å². The van der Waals surface area contributed by atoms with E-state index in [1.54, 1.807) is 18.2 Å². The Kier molecular flexibility index (Phi) is 10.3. The molecule has 0 aliphatic carbocycles. The van der Waals surface area contributed by atoms with Crippen molar-refractivity contribution in [3.05, 3.63) is 107 Å². The number of amides is 2. The Morgan fingerprint density at radius 3 is 2.37 bits per heavy atom. The number of sulfonamides is 1. The molecule has 238 valence electrons. The van der Waals surface area contributed by atoms with E-state index in [4.69, 9.17) is 4.98 Å². The number of thioether (sulfide) groups is 1. The van der Waals surface area contributed by atoms with Gasteiger partial charge in [-0.1, -0.05) is 91.9 Å². The monoisotopic (exact) mass is 658 g/mol. The summed E-state index contributed by atoms with van der Waals surface area (Å²) in [5.41, 5.74) is 3.33. The highest BCUT2D eigenvalue weighted by atomic mass is 32.2. The maximum absolute atomic E-state index is 13.5. The van der Waals surface area contributed by atoms with Gasteiger partial charge in [-0.15, -0.1) is 22.0 Å².